The monoisotopic (exact) mass is 395 g/mol. The number of rotatable bonds is 9. The van der Waals surface area contributed by atoms with Crippen molar-refractivity contribution in [3.8, 4) is 5.88 Å². The van der Waals surface area contributed by atoms with E-state index in [-0.39, 0.29) is 36.2 Å². The largest absolute Gasteiger partial charge is 0.472 e. The quantitative estimate of drug-likeness (QED) is 0.176. The first-order valence-electron chi connectivity index (χ1n) is 7.90. The molecule has 27 heavy (non-hydrogen) atoms. The second-order valence-electron chi connectivity index (χ2n) is 5.84. The molecule has 0 fully saturated rings. The Morgan fingerprint density at radius 2 is 2.26 bits per heavy atom. The van der Waals surface area contributed by atoms with E-state index in [9.17, 15) is 14.2 Å². The zero-order chi connectivity index (χ0) is 19.9. The maximum atomic E-state index is 11.5. The van der Waals surface area contributed by atoms with Gasteiger partial charge < -0.3 is 15.3 Å². The molecule has 0 aliphatic rings. The molecule has 0 radical (unpaired) electrons. The van der Waals surface area contributed by atoms with Gasteiger partial charge in [0.1, 0.15) is 18.1 Å². The van der Waals surface area contributed by atoms with Gasteiger partial charge in [0.2, 0.25) is 5.91 Å². The van der Waals surface area contributed by atoms with E-state index >= 15 is 0 Å². The van der Waals surface area contributed by atoms with Crippen molar-refractivity contribution in [1.29, 1.82) is 0 Å². The summed E-state index contributed by atoms with van der Waals surface area (Å²) in [6, 6.07) is 7.69. The summed E-state index contributed by atoms with van der Waals surface area (Å²) in [6.07, 6.45) is 0.299. The van der Waals surface area contributed by atoms with E-state index in [1.165, 1.54) is 0 Å². The van der Waals surface area contributed by atoms with Crippen molar-refractivity contribution in [3.63, 3.8) is 0 Å². The molecule has 0 aliphatic heterocycles. The highest BCUT2D eigenvalue weighted by Crippen LogP contribution is 2.17. The Morgan fingerprint density at radius 1 is 1.48 bits per heavy atom. The number of nitrogens with zero attached hydrogens (tertiary/aromatic N) is 3. The van der Waals surface area contributed by atoms with Gasteiger partial charge in [0.15, 0.2) is 5.69 Å². The summed E-state index contributed by atoms with van der Waals surface area (Å²) in [5, 5.41) is 27.6. The van der Waals surface area contributed by atoms with E-state index in [4.69, 9.17) is 9.88 Å². The van der Waals surface area contributed by atoms with E-state index in [1.807, 2.05) is 31.2 Å². The van der Waals surface area contributed by atoms with Crippen LogP contribution in [0.15, 0.2) is 34.1 Å². The van der Waals surface area contributed by atoms with Gasteiger partial charge in [-0.05, 0) is 28.7 Å². The summed E-state index contributed by atoms with van der Waals surface area (Å²) < 4.78 is 21.3. The van der Waals surface area contributed by atoms with Crippen LogP contribution in [0.25, 0.3) is 0 Å². The first kappa shape index (κ1) is 20.4. The standard InChI is InChI=1S/C16H21N5O5S/c1-11-4-3-5-12(8-11)9-13(19-23)15-16(21-26-20-15)25-7-6-18-14(22)10-27(2,17)24/h3-5,8,23H,2,6-7,9-10H2,1H3,(H2,17,24)(H,18,22). The first-order valence-corrected chi connectivity index (χ1v) is 9.86. The highest BCUT2D eigenvalue weighted by Gasteiger charge is 2.19. The van der Waals surface area contributed by atoms with Crippen molar-refractivity contribution in [1.82, 2.24) is 15.6 Å². The van der Waals surface area contributed by atoms with Crippen LogP contribution in [-0.2, 0) is 20.9 Å². The molecule has 0 saturated heterocycles. The van der Waals surface area contributed by atoms with Gasteiger partial charge in [-0.1, -0.05) is 35.0 Å². The lowest BCUT2D eigenvalue weighted by Crippen LogP contribution is -2.35. The topological polar surface area (TPSA) is 153 Å². The molecule has 1 unspecified atom stereocenters. The smallest absolute Gasteiger partial charge is 0.285 e. The molecule has 10 nitrogen and oxygen atoms in total. The second-order valence-corrected chi connectivity index (χ2v) is 7.87. The number of carbonyl (C=O) groups is 1. The third-order valence-electron chi connectivity index (χ3n) is 3.34. The number of aromatic nitrogens is 2. The molecule has 11 heteroatoms. The van der Waals surface area contributed by atoms with Gasteiger partial charge in [-0.3, -0.25) is 14.1 Å². The van der Waals surface area contributed by atoms with Gasteiger partial charge in [-0.25, -0.2) is 4.63 Å². The van der Waals surface area contributed by atoms with Gasteiger partial charge in [-0.15, -0.1) is 0 Å². The predicted molar refractivity (Wildman–Crippen MR) is 100 cm³/mol. The predicted octanol–water partition coefficient (Wildman–Crippen LogP) is -0.116. The summed E-state index contributed by atoms with van der Waals surface area (Å²) >= 11 is 0. The van der Waals surface area contributed by atoms with Crippen LogP contribution >= 0.6 is 0 Å². The Bertz CT molecular complexity index is 923. The Hall–Kier alpha value is -2.92. The fourth-order valence-corrected chi connectivity index (χ4v) is 2.79. The molecule has 2 rings (SSSR count). The SMILES string of the molecule is C=S(N)(=O)CC(=O)NCCOc1nonc1C(Cc1cccc(C)c1)=NO. The van der Waals surface area contributed by atoms with Gasteiger partial charge in [-0.2, -0.15) is 0 Å². The molecule has 1 atom stereocenters. The lowest BCUT2D eigenvalue weighted by atomic mass is 10.0. The average molecular weight is 395 g/mol. The van der Waals surface area contributed by atoms with Crippen molar-refractivity contribution in [3.05, 3.63) is 41.1 Å². The highest BCUT2D eigenvalue weighted by atomic mass is 32.2. The van der Waals surface area contributed by atoms with Crippen LogP contribution < -0.4 is 15.2 Å². The minimum atomic E-state index is -2.89. The number of nitrogens with one attached hydrogen (secondary N) is 1. The molecule has 1 aromatic carbocycles. The zero-order valence-electron chi connectivity index (χ0n) is 14.8. The molecule has 0 aliphatic carbocycles. The van der Waals surface area contributed by atoms with Crippen LogP contribution in [0.2, 0.25) is 0 Å². The lowest BCUT2D eigenvalue weighted by molar-refractivity contribution is -0.118. The first-order chi connectivity index (χ1) is 12.8. The number of ether oxygens (including phenoxy) is 1. The molecular formula is C16H21N5O5S. The number of amides is 1. The number of nitrogens with two attached hydrogens (primary N) is 1. The van der Waals surface area contributed by atoms with E-state index in [0.29, 0.717) is 6.42 Å². The van der Waals surface area contributed by atoms with Gasteiger partial charge in [0.05, 0.1) is 6.54 Å². The number of hydrogen-bond acceptors (Lipinski definition) is 8. The van der Waals surface area contributed by atoms with Crippen molar-refractivity contribution < 1.29 is 23.6 Å². The normalized spacial score (nSPS) is 13.8. The maximum Gasteiger partial charge on any atom is 0.285 e. The molecule has 0 bridgehead atoms. The molecule has 1 amide bonds. The number of carbonyl (C=O) groups excluding carboxylic acids is 1. The van der Waals surface area contributed by atoms with E-state index in [1.54, 1.807) is 0 Å². The molecule has 1 heterocycles. The van der Waals surface area contributed by atoms with Crippen LogP contribution in [0.3, 0.4) is 0 Å². The zero-order valence-corrected chi connectivity index (χ0v) is 15.6. The third-order valence-corrected chi connectivity index (χ3v) is 4.10. The molecule has 0 spiro atoms. The van der Waals surface area contributed by atoms with Crippen molar-refractivity contribution in [2.75, 3.05) is 18.9 Å². The highest BCUT2D eigenvalue weighted by molar-refractivity contribution is 7.98. The second kappa shape index (κ2) is 9.14. The van der Waals surface area contributed by atoms with Gasteiger partial charge in [0, 0.05) is 16.1 Å². The molecule has 2 aromatic rings. The molecule has 1 aromatic heterocycles. The fourth-order valence-electron chi connectivity index (χ4n) is 2.24. The summed E-state index contributed by atoms with van der Waals surface area (Å²) in [5.74, 6) is 2.36. The van der Waals surface area contributed by atoms with Gasteiger partial charge in [0.25, 0.3) is 5.88 Å². The minimum Gasteiger partial charge on any atom is -0.472 e. The van der Waals surface area contributed by atoms with Crippen molar-refractivity contribution in [2.45, 2.75) is 13.3 Å². The molecular weight excluding hydrogens is 374 g/mol. The van der Waals surface area contributed by atoms with Crippen LogP contribution in [0.4, 0.5) is 0 Å². The van der Waals surface area contributed by atoms with Crippen molar-refractivity contribution in [2.24, 2.45) is 10.3 Å². The molecule has 0 saturated carbocycles. The Kier molecular flexibility index (Phi) is 6.91. The van der Waals surface area contributed by atoms with Crippen molar-refractivity contribution >= 4 is 27.2 Å². The number of hydrogen-bond donors (Lipinski definition) is 3. The molecule has 4 N–H and O–H groups in total. The lowest BCUT2D eigenvalue weighted by Gasteiger charge is -2.07. The summed E-state index contributed by atoms with van der Waals surface area (Å²) in [7, 11) is -2.89. The van der Waals surface area contributed by atoms with E-state index in [0.717, 1.165) is 11.1 Å². The van der Waals surface area contributed by atoms with Crippen LogP contribution in [0, 0.1) is 6.92 Å². The van der Waals surface area contributed by atoms with Crippen LogP contribution in [0.5, 0.6) is 5.88 Å². The summed E-state index contributed by atoms with van der Waals surface area (Å²) in [6.45, 7) is 2.11. The van der Waals surface area contributed by atoms with E-state index in [2.05, 4.69) is 31.3 Å². The third kappa shape index (κ3) is 6.72. The Balaban J connectivity index is 1.93. The average Bonchev–Trinajstić information content (AvgIpc) is 3.03. The van der Waals surface area contributed by atoms with Crippen LogP contribution in [0.1, 0.15) is 16.8 Å². The minimum absolute atomic E-state index is 0.0319. The maximum absolute atomic E-state index is 11.5. The van der Waals surface area contributed by atoms with Gasteiger partial charge >= 0.3 is 0 Å². The number of benzene rings is 1. The van der Waals surface area contributed by atoms with E-state index < -0.39 is 15.6 Å². The summed E-state index contributed by atoms with van der Waals surface area (Å²) in [5.41, 5.74) is 2.37. The molecule has 146 valence electrons. The Labute approximate surface area is 156 Å². The Morgan fingerprint density at radius 3 is 2.93 bits per heavy atom. The summed E-state index contributed by atoms with van der Waals surface area (Å²) in [4.78, 5) is 11.5. The number of oxime groups is 1. The van der Waals surface area contributed by atoms with Crippen LogP contribution in [-0.4, -0.2) is 56.1 Å². The fraction of sp³-hybridized carbons (Fsp3) is 0.312. The number of aryl methyl sites for hydroxylation is 1.